The number of rotatable bonds is 3. The van der Waals surface area contributed by atoms with E-state index in [0.717, 1.165) is 50.0 Å². The van der Waals surface area contributed by atoms with E-state index in [4.69, 9.17) is 15.9 Å². The van der Waals surface area contributed by atoms with E-state index in [9.17, 15) is 5.26 Å². The lowest BCUT2D eigenvalue weighted by molar-refractivity contribution is 0.00578. The molecule has 0 N–H and O–H groups in total. The molecule has 0 saturated carbocycles. The molecule has 0 unspecified atom stereocenters. The summed E-state index contributed by atoms with van der Waals surface area (Å²) in [7, 11) is -0.499. The molecule has 5 nitrogen and oxygen atoms in total. The zero-order valence-corrected chi connectivity index (χ0v) is 23.7. The van der Waals surface area contributed by atoms with Gasteiger partial charge >= 0.3 is 7.12 Å². The minimum Gasteiger partial charge on any atom is -0.399 e. The largest absolute Gasteiger partial charge is 0.494 e. The molecule has 2 heterocycles. The molecule has 0 spiro atoms. The van der Waals surface area contributed by atoms with Gasteiger partial charge in [-0.05, 0) is 108 Å². The molecule has 0 amide bonds. The van der Waals surface area contributed by atoms with Crippen molar-refractivity contribution in [2.45, 2.75) is 58.2 Å². The van der Waals surface area contributed by atoms with Crippen LogP contribution in [-0.4, -0.2) is 23.3 Å². The summed E-state index contributed by atoms with van der Waals surface area (Å²) in [6, 6.07) is 22.8. The maximum absolute atomic E-state index is 9.59. The first-order valence-electron chi connectivity index (χ1n) is 13.5. The van der Waals surface area contributed by atoms with Gasteiger partial charge in [0.15, 0.2) is 5.69 Å². The van der Waals surface area contributed by atoms with Crippen LogP contribution in [0.1, 0.15) is 58.2 Å². The third-order valence-electron chi connectivity index (χ3n) is 8.81. The normalized spacial score (nSPS) is 17.6. The van der Waals surface area contributed by atoms with Crippen LogP contribution in [0.4, 0.5) is 5.69 Å². The Bertz CT molecular complexity index is 1740. The van der Waals surface area contributed by atoms with Crippen molar-refractivity contribution in [2.24, 2.45) is 0 Å². The number of fused-ring (bicyclic) bond motifs is 3. The monoisotopic (exact) mass is 523 g/mol. The molecular formula is C34H30BN3O2. The van der Waals surface area contributed by atoms with E-state index in [-0.39, 0.29) is 5.41 Å². The van der Waals surface area contributed by atoms with Crippen molar-refractivity contribution < 1.29 is 9.31 Å². The molecular weight excluding hydrogens is 493 g/mol. The topological polar surface area (TPSA) is 59.5 Å². The van der Waals surface area contributed by atoms with Gasteiger partial charge in [0.2, 0.25) is 0 Å². The first-order chi connectivity index (χ1) is 18.9. The average molecular weight is 523 g/mol. The molecule has 196 valence electrons. The fourth-order valence-corrected chi connectivity index (χ4v) is 5.79. The van der Waals surface area contributed by atoms with Gasteiger partial charge in [0.25, 0.3) is 0 Å². The minimum atomic E-state index is -0.499. The van der Waals surface area contributed by atoms with E-state index in [1.165, 1.54) is 0 Å². The third-order valence-corrected chi connectivity index (χ3v) is 8.81. The zero-order valence-electron chi connectivity index (χ0n) is 23.7. The van der Waals surface area contributed by atoms with Crippen LogP contribution in [0.2, 0.25) is 0 Å². The highest BCUT2D eigenvalue weighted by molar-refractivity contribution is 6.62. The number of hydrogen-bond donors (Lipinski definition) is 0. The Morgan fingerprint density at radius 3 is 2.15 bits per heavy atom. The Morgan fingerprint density at radius 1 is 0.825 bits per heavy atom. The molecule has 4 aromatic rings. The van der Waals surface area contributed by atoms with Crippen LogP contribution >= 0.6 is 0 Å². The second kappa shape index (κ2) is 8.90. The van der Waals surface area contributed by atoms with Crippen molar-refractivity contribution in [1.82, 2.24) is 4.98 Å². The maximum atomic E-state index is 9.59. The summed E-state index contributed by atoms with van der Waals surface area (Å²) in [5.74, 6) is 0. The van der Waals surface area contributed by atoms with Crippen molar-refractivity contribution in [2.75, 3.05) is 0 Å². The molecule has 1 aromatic heterocycles. The van der Waals surface area contributed by atoms with Gasteiger partial charge in [0.1, 0.15) is 0 Å². The summed E-state index contributed by atoms with van der Waals surface area (Å²) in [5.41, 5.74) is 9.04. The van der Waals surface area contributed by atoms with Crippen molar-refractivity contribution in [1.29, 1.82) is 5.26 Å². The number of hydrogen-bond acceptors (Lipinski definition) is 4. The fourth-order valence-electron chi connectivity index (χ4n) is 5.79. The summed E-state index contributed by atoms with van der Waals surface area (Å²) in [6.07, 6.45) is 3.64. The van der Waals surface area contributed by atoms with E-state index in [0.29, 0.717) is 11.3 Å². The molecule has 1 aliphatic carbocycles. The van der Waals surface area contributed by atoms with Crippen molar-refractivity contribution in [3.8, 4) is 39.4 Å². The first-order valence-corrected chi connectivity index (χ1v) is 13.5. The standard InChI is InChI=1S/C34H30BN3O2/c1-32(2)28-18-22(10-11-27(28)31-29(32)13-21(19-36)14-30(31)37-7)24-15-25(23-9-8-12-38-20-23)17-26(16-24)35-39-33(3,4)34(5,6)40-35/h8-18,20H,1-6H3. The number of nitrogens with zero attached hydrogens (tertiary/aromatic N) is 3. The highest BCUT2D eigenvalue weighted by atomic mass is 16.7. The number of aromatic nitrogens is 1. The number of pyridine rings is 1. The summed E-state index contributed by atoms with van der Waals surface area (Å²) >= 11 is 0. The van der Waals surface area contributed by atoms with E-state index >= 15 is 0 Å². The quantitative estimate of drug-likeness (QED) is 0.207. The second-order valence-corrected chi connectivity index (χ2v) is 12.2. The molecule has 1 fully saturated rings. The van der Waals surface area contributed by atoms with Crippen LogP contribution in [0.5, 0.6) is 0 Å². The smallest absolute Gasteiger partial charge is 0.399 e. The lowest BCUT2D eigenvalue weighted by Gasteiger charge is -2.32. The SMILES string of the molecule is [C-]#[N+]c1cc(C#N)cc2c1-c1ccc(-c3cc(B4OC(C)(C)C(C)(C)O4)cc(-c4cccnc4)c3)cc1C2(C)C. The average Bonchev–Trinajstić information content (AvgIpc) is 3.32. The summed E-state index contributed by atoms with van der Waals surface area (Å²) in [4.78, 5) is 8.13. The summed E-state index contributed by atoms with van der Waals surface area (Å²) in [6.45, 7) is 20.4. The van der Waals surface area contributed by atoms with E-state index in [2.05, 4.69) is 99.9 Å². The lowest BCUT2D eigenvalue weighted by Crippen LogP contribution is -2.41. The van der Waals surface area contributed by atoms with Crippen LogP contribution in [-0.2, 0) is 14.7 Å². The molecule has 40 heavy (non-hydrogen) atoms. The van der Waals surface area contributed by atoms with Crippen LogP contribution < -0.4 is 5.46 Å². The third kappa shape index (κ3) is 3.96. The van der Waals surface area contributed by atoms with Crippen molar-refractivity contribution in [3.05, 3.63) is 101 Å². The molecule has 1 saturated heterocycles. The predicted molar refractivity (Wildman–Crippen MR) is 159 cm³/mol. The van der Waals surface area contributed by atoms with E-state index in [1.54, 1.807) is 12.3 Å². The van der Waals surface area contributed by atoms with Crippen LogP contribution in [0.15, 0.2) is 73.1 Å². The highest BCUT2D eigenvalue weighted by Gasteiger charge is 2.51. The van der Waals surface area contributed by atoms with Gasteiger partial charge in [-0.1, -0.05) is 44.2 Å². The van der Waals surface area contributed by atoms with Crippen LogP contribution in [0.25, 0.3) is 38.2 Å². The molecule has 1 aliphatic heterocycles. The van der Waals surface area contributed by atoms with Crippen molar-refractivity contribution in [3.63, 3.8) is 0 Å². The lowest BCUT2D eigenvalue weighted by atomic mass is 9.76. The molecule has 0 radical (unpaired) electrons. The van der Waals surface area contributed by atoms with Gasteiger partial charge in [0, 0.05) is 23.4 Å². The number of benzene rings is 3. The summed E-state index contributed by atoms with van der Waals surface area (Å²) < 4.78 is 12.9. The van der Waals surface area contributed by atoms with Gasteiger partial charge in [-0.15, -0.1) is 0 Å². The molecule has 2 aliphatic rings. The van der Waals surface area contributed by atoms with Gasteiger partial charge in [-0.2, -0.15) is 5.26 Å². The van der Waals surface area contributed by atoms with Crippen LogP contribution in [0, 0.1) is 17.9 Å². The Balaban J connectivity index is 1.51. The first kappa shape index (κ1) is 26.0. The van der Waals surface area contributed by atoms with Gasteiger partial charge < -0.3 is 9.31 Å². The second-order valence-electron chi connectivity index (χ2n) is 12.2. The number of nitriles is 1. The van der Waals surface area contributed by atoms with Gasteiger partial charge in [-0.25, -0.2) is 4.85 Å². The Morgan fingerprint density at radius 2 is 1.52 bits per heavy atom. The Kier molecular flexibility index (Phi) is 5.79. The molecule has 0 atom stereocenters. The molecule has 3 aromatic carbocycles. The summed E-state index contributed by atoms with van der Waals surface area (Å²) in [5, 5.41) is 9.59. The van der Waals surface area contributed by atoms with Gasteiger partial charge in [-0.3, -0.25) is 4.98 Å². The highest BCUT2D eigenvalue weighted by Crippen LogP contribution is 2.53. The molecule has 0 bridgehead atoms. The fraction of sp³-hybridized carbons (Fsp3) is 0.265. The van der Waals surface area contributed by atoms with Crippen LogP contribution in [0.3, 0.4) is 0 Å². The molecule has 6 heteroatoms. The van der Waals surface area contributed by atoms with Crippen molar-refractivity contribution >= 4 is 18.3 Å². The van der Waals surface area contributed by atoms with E-state index < -0.39 is 18.3 Å². The minimum absolute atomic E-state index is 0.359. The van der Waals surface area contributed by atoms with E-state index in [1.807, 2.05) is 18.3 Å². The Labute approximate surface area is 236 Å². The maximum Gasteiger partial charge on any atom is 0.494 e. The van der Waals surface area contributed by atoms with Gasteiger partial charge in [0.05, 0.1) is 23.8 Å². The zero-order chi connectivity index (χ0) is 28.4. The predicted octanol–water partition coefficient (Wildman–Crippen LogP) is 7.44. The Hall–Kier alpha value is -4.23. The molecule has 6 rings (SSSR count).